The number of hydrogen-bond donors (Lipinski definition) is 0. The zero-order valence-corrected chi connectivity index (χ0v) is 15.3. The SMILES string of the molecule is CC(OC(=O)CSc1ccc2ccccc2c1)C(=O)c1ccc(F)c(F)c1. The van der Waals surface area contributed by atoms with Crippen LogP contribution >= 0.6 is 11.8 Å². The first-order valence-electron chi connectivity index (χ1n) is 8.24. The molecule has 0 heterocycles. The highest BCUT2D eigenvalue weighted by molar-refractivity contribution is 8.00. The fourth-order valence-corrected chi connectivity index (χ4v) is 3.30. The number of halogens is 2. The van der Waals surface area contributed by atoms with Crippen molar-refractivity contribution in [3.8, 4) is 0 Å². The van der Waals surface area contributed by atoms with Crippen molar-refractivity contribution in [1.82, 2.24) is 0 Å². The molecule has 0 bridgehead atoms. The van der Waals surface area contributed by atoms with Crippen molar-refractivity contribution in [2.45, 2.75) is 17.9 Å². The number of hydrogen-bond acceptors (Lipinski definition) is 4. The smallest absolute Gasteiger partial charge is 0.316 e. The highest BCUT2D eigenvalue weighted by atomic mass is 32.2. The van der Waals surface area contributed by atoms with Crippen molar-refractivity contribution in [3.05, 3.63) is 77.9 Å². The maximum Gasteiger partial charge on any atom is 0.316 e. The number of carbonyl (C=O) groups is 2. The molecule has 1 unspecified atom stereocenters. The van der Waals surface area contributed by atoms with E-state index in [-0.39, 0.29) is 11.3 Å². The van der Waals surface area contributed by atoms with Crippen LogP contribution in [0.25, 0.3) is 10.8 Å². The number of benzene rings is 3. The Kier molecular flexibility index (Phi) is 5.86. The number of thioether (sulfide) groups is 1. The van der Waals surface area contributed by atoms with Crippen LogP contribution in [-0.4, -0.2) is 23.6 Å². The number of ketones is 1. The first-order valence-corrected chi connectivity index (χ1v) is 9.23. The number of Topliss-reactive ketones (excluding diaryl/α,β-unsaturated/α-hetero) is 1. The third-order valence-electron chi connectivity index (χ3n) is 3.96. The van der Waals surface area contributed by atoms with Gasteiger partial charge in [-0.3, -0.25) is 9.59 Å². The molecule has 0 aliphatic rings. The van der Waals surface area contributed by atoms with Crippen LogP contribution in [0.1, 0.15) is 17.3 Å². The number of rotatable bonds is 6. The van der Waals surface area contributed by atoms with Gasteiger partial charge in [0.15, 0.2) is 17.7 Å². The number of fused-ring (bicyclic) bond motifs is 1. The molecule has 0 aliphatic heterocycles. The Morgan fingerprint density at radius 3 is 2.44 bits per heavy atom. The van der Waals surface area contributed by atoms with Crippen molar-refractivity contribution in [2.75, 3.05) is 5.75 Å². The maximum absolute atomic E-state index is 13.2. The quantitative estimate of drug-likeness (QED) is 0.339. The minimum absolute atomic E-state index is 0.0355. The molecular formula is C21H16F2O3S. The predicted octanol–water partition coefficient (Wildman–Crippen LogP) is 5.02. The average molecular weight is 386 g/mol. The van der Waals surface area contributed by atoms with Gasteiger partial charge < -0.3 is 4.74 Å². The van der Waals surface area contributed by atoms with Crippen molar-refractivity contribution >= 4 is 34.3 Å². The van der Waals surface area contributed by atoms with Crippen molar-refractivity contribution in [1.29, 1.82) is 0 Å². The first-order chi connectivity index (χ1) is 12.9. The normalized spacial score (nSPS) is 12.0. The molecule has 3 aromatic carbocycles. The molecule has 0 fully saturated rings. The van der Waals surface area contributed by atoms with E-state index < -0.39 is 29.5 Å². The molecule has 0 N–H and O–H groups in total. The van der Waals surface area contributed by atoms with Gasteiger partial charge in [0.05, 0.1) is 5.75 Å². The molecule has 3 rings (SSSR count). The van der Waals surface area contributed by atoms with Crippen LogP contribution in [0.4, 0.5) is 8.78 Å². The molecule has 27 heavy (non-hydrogen) atoms. The van der Waals surface area contributed by atoms with Crippen molar-refractivity contribution in [3.63, 3.8) is 0 Å². The van der Waals surface area contributed by atoms with E-state index in [4.69, 9.17) is 4.74 Å². The summed E-state index contributed by atoms with van der Waals surface area (Å²) in [5.74, 6) is -3.27. The summed E-state index contributed by atoms with van der Waals surface area (Å²) in [5.41, 5.74) is -0.0450. The van der Waals surface area contributed by atoms with E-state index >= 15 is 0 Å². The van der Waals surface area contributed by atoms with Crippen molar-refractivity contribution < 1.29 is 23.1 Å². The van der Waals surface area contributed by atoms with Crippen LogP contribution < -0.4 is 0 Å². The summed E-state index contributed by atoms with van der Waals surface area (Å²) < 4.78 is 31.3. The second kappa shape index (κ2) is 8.31. The molecule has 0 amide bonds. The second-order valence-electron chi connectivity index (χ2n) is 5.92. The Bertz CT molecular complexity index is 1000. The van der Waals surface area contributed by atoms with Gasteiger partial charge >= 0.3 is 5.97 Å². The van der Waals surface area contributed by atoms with E-state index in [2.05, 4.69) is 0 Å². The van der Waals surface area contributed by atoms with E-state index in [0.717, 1.165) is 33.9 Å². The molecule has 0 aromatic heterocycles. The van der Waals surface area contributed by atoms with Gasteiger partial charge in [-0.05, 0) is 48.0 Å². The van der Waals surface area contributed by atoms with Gasteiger partial charge in [-0.2, -0.15) is 0 Å². The predicted molar refractivity (Wildman–Crippen MR) is 101 cm³/mol. The number of esters is 1. The van der Waals surface area contributed by atoms with Crippen LogP contribution in [0.2, 0.25) is 0 Å². The van der Waals surface area contributed by atoms with Gasteiger partial charge in [0.2, 0.25) is 5.78 Å². The maximum atomic E-state index is 13.2. The molecule has 6 heteroatoms. The lowest BCUT2D eigenvalue weighted by molar-refractivity contribution is -0.143. The second-order valence-corrected chi connectivity index (χ2v) is 6.97. The molecule has 3 aromatic rings. The highest BCUT2D eigenvalue weighted by Gasteiger charge is 2.20. The fraction of sp³-hybridized carbons (Fsp3) is 0.143. The van der Waals surface area contributed by atoms with Crippen LogP contribution in [0.5, 0.6) is 0 Å². The molecular weight excluding hydrogens is 370 g/mol. The molecule has 3 nitrogen and oxygen atoms in total. The molecule has 1 atom stereocenters. The fourth-order valence-electron chi connectivity index (χ4n) is 2.57. The van der Waals surface area contributed by atoms with E-state index in [1.165, 1.54) is 18.7 Å². The third-order valence-corrected chi connectivity index (χ3v) is 4.93. The summed E-state index contributed by atoms with van der Waals surface area (Å²) >= 11 is 1.30. The summed E-state index contributed by atoms with van der Waals surface area (Å²) in [5, 5.41) is 2.17. The van der Waals surface area contributed by atoms with Crippen LogP contribution in [0.15, 0.2) is 65.6 Å². The largest absolute Gasteiger partial charge is 0.454 e. The number of carbonyl (C=O) groups excluding carboxylic acids is 2. The Hall–Kier alpha value is -2.73. The Morgan fingerprint density at radius 2 is 1.70 bits per heavy atom. The molecule has 0 radical (unpaired) electrons. The molecule has 0 spiro atoms. The zero-order chi connectivity index (χ0) is 19.4. The molecule has 0 saturated heterocycles. The van der Waals surface area contributed by atoms with Crippen LogP contribution in [-0.2, 0) is 9.53 Å². The molecule has 0 saturated carbocycles. The summed E-state index contributed by atoms with van der Waals surface area (Å²) in [6.07, 6.45) is -1.08. The lowest BCUT2D eigenvalue weighted by Crippen LogP contribution is -2.25. The monoisotopic (exact) mass is 386 g/mol. The number of ether oxygens (including phenoxy) is 1. The lowest BCUT2D eigenvalue weighted by atomic mass is 10.1. The summed E-state index contributed by atoms with van der Waals surface area (Å²) in [6, 6.07) is 16.6. The van der Waals surface area contributed by atoms with E-state index in [0.29, 0.717) is 0 Å². The van der Waals surface area contributed by atoms with Gasteiger partial charge in [-0.15, -0.1) is 11.8 Å². The average Bonchev–Trinajstić information content (AvgIpc) is 2.67. The van der Waals surface area contributed by atoms with Gasteiger partial charge in [0.25, 0.3) is 0 Å². The molecule has 138 valence electrons. The van der Waals surface area contributed by atoms with Gasteiger partial charge in [-0.25, -0.2) is 8.78 Å². The van der Waals surface area contributed by atoms with E-state index in [1.807, 2.05) is 42.5 Å². The lowest BCUT2D eigenvalue weighted by Gasteiger charge is -2.12. The Balaban J connectivity index is 1.57. The van der Waals surface area contributed by atoms with Crippen LogP contribution in [0.3, 0.4) is 0 Å². The van der Waals surface area contributed by atoms with Crippen molar-refractivity contribution in [2.24, 2.45) is 0 Å². The Labute approximate surface area is 159 Å². The minimum Gasteiger partial charge on any atom is -0.454 e. The first kappa shape index (κ1) is 19.0. The summed E-state index contributed by atoms with van der Waals surface area (Å²) in [4.78, 5) is 25.1. The van der Waals surface area contributed by atoms with E-state index in [1.54, 1.807) is 0 Å². The topological polar surface area (TPSA) is 43.4 Å². The Morgan fingerprint density at radius 1 is 0.963 bits per heavy atom. The van der Waals surface area contributed by atoms with Gasteiger partial charge in [-0.1, -0.05) is 30.3 Å². The molecule has 0 aliphatic carbocycles. The van der Waals surface area contributed by atoms with Gasteiger partial charge in [0.1, 0.15) is 0 Å². The zero-order valence-electron chi connectivity index (χ0n) is 14.4. The van der Waals surface area contributed by atoms with Crippen LogP contribution in [0, 0.1) is 11.6 Å². The summed E-state index contributed by atoms with van der Waals surface area (Å²) in [6.45, 7) is 1.40. The highest BCUT2D eigenvalue weighted by Crippen LogP contribution is 2.24. The summed E-state index contributed by atoms with van der Waals surface area (Å²) in [7, 11) is 0. The standard InChI is InChI=1S/C21H16F2O3S/c1-13(21(25)16-7-9-18(22)19(23)11-16)26-20(24)12-27-17-8-6-14-4-2-3-5-15(14)10-17/h2-11,13H,12H2,1H3. The minimum atomic E-state index is -1.12. The van der Waals surface area contributed by atoms with E-state index in [9.17, 15) is 18.4 Å². The van der Waals surface area contributed by atoms with Gasteiger partial charge in [0, 0.05) is 10.5 Å². The third kappa shape index (κ3) is 4.71.